The van der Waals surface area contributed by atoms with Crippen molar-refractivity contribution in [3.05, 3.63) is 53.4 Å². The minimum absolute atomic E-state index is 0.461. The molecule has 0 radical (unpaired) electrons. The molecule has 0 fully saturated rings. The molecule has 1 aromatic heterocycles. The summed E-state index contributed by atoms with van der Waals surface area (Å²) >= 11 is 0. The van der Waals surface area contributed by atoms with E-state index in [9.17, 15) is 4.79 Å². The van der Waals surface area contributed by atoms with Crippen LogP contribution in [0.15, 0.2) is 41.1 Å². The molecule has 100 valence electrons. The lowest BCUT2D eigenvalue weighted by Crippen LogP contribution is -2.26. The average Bonchev–Trinajstić information content (AvgIpc) is 2.83. The fourth-order valence-corrected chi connectivity index (χ4v) is 1.78. The molecule has 5 nitrogen and oxygen atoms in total. The minimum Gasteiger partial charge on any atom is -0.436 e. The van der Waals surface area contributed by atoms with Crippen LogP contribution in [0.4, 0.5) is 4.79 Å². The van der Waals surface area contributed by atoms with Gasteiger partial charge in [-0.25, -0.2) is 4.79 Å². The summed E-state index contributed by atoms with van der Waals surface area (Å²) in [4.78, 5) is 11.6. The van der Waals surface area contributed by atoms with Crippen LogP contribution in [0.3, 0.4) is 0 Å². The number of carbonyl (C=O) groups is 1. The molecule has 19 heavy (non-hydrogen) atoms. The van der Waals surface area contributed by atoms with E-state index >= 15 is 0 Å². The van der Waals surface area contributed by atoms with Gasteiger partial charge in [0.1, 0.15) is 6.26 Å². The Kier molecular flexibility index (Phi) is 4.18. The lowest BCUT2D eigenvalue weighted by molar-refractivity contribution is 0.116. The molecule has 2 aromatic rings. The Morgan fingerprint density at radius 3 is 2.74 bits per heavy atom. The topological polar surface area (TPSA) is 64.4 Å². The number of benzene rings is 1. The van der Waals surface area contributed by atoms with Crippen molar-refractivity contribution in [3.63, 3.8) is 0 Å². The lowest BCUT2D eigenvalue weighted by Gasteiger charge is -2.17. The van der Waals surface area contributed by atoms with E-state index in [1.807, 2.05) is 44.2 Å². The molecule has 0 saturated carbocycles. The Hall–Kier alpha value is -2.30. The molecule has 0 aliphatic carbocycles. The largest absolute Gasteiger partial charge is 0.436 e. The van der Waals surface area contributed by atoms with Crippen molar-refractivity contribution in [2.45, 2.75) is 20.0 Å². The van der Waals surface area contributed by atoms with Gasteiger partial charge in [-0.3, -0.25) is 0 Å². The molecule has 0 aliphatic rings. The van der Waals surface area contributed by atoms with Gasteiger partial charge in [-0.05, 0) is 19.4 Å². The number of ether oxygens (including phenoxy) is 1. The van der Waals surface area contributed by atoms with E-state index < -0.39 is 12.2 Å². The van der Waals surface area contributed by atoms with Gasteiger partial charge in [0.05, 0.1) is 11.3 Å². The average molecular weight is 260 g/mol. The van der Waals surface area contributed by atoms with Gasteiger partial charge in [0, 0.05) is 6.54 Å². The van der Waals surface area contributed by atoms with Crippen LogP contribution < -0.4 is 5.32 Å². The first-order valence-electron chi connectivity index (χ1n) is 6.12. The molecule has 5 heteroatoms. The molecule has 1 atom stereocenters. The van der Waals surface area contributed by atoms with Gasteiger partial charge in [-0.1, -0.05) is 35.5 Å². The molecule has 0 unspecified atom stereocenters. The van der Waals surface area contributed by atoms with Gasteiger partial charge in [0.2, 0.25) is 0 Å². The summed E-state index contributed by atoms with van der Waals surface area (Å²) in [7, 11) is 0. The summed E-state index contributed by atoms with van der Waals surface area (Å²) in [5, 5.41) is 6.44. The quantitative estimate of drug-likeness (QED) is 0.918. The zero-order valence-electron chi connectivity index (χ0n) is 10.9. The maximum Gasteiger partial charge on any atom is 0.408 e. The monoisotopic (exact) mass is 260 g/mol. The summed E-state index contributed by atoms with van der Waals surface area (Å²) in [6.45, 7) is 4.17. The molecule has 0 aliphatic heterocycles. The number of nitrogens with one attached hydrogen (secondary N) is 1. The fraction of sp³-hybridized carbons (Fsp3) is 0.286. The second-order valence-electron chi connectivity index (χ2n) is 4.08. The SMILES string of the molecule is CCNC(=O)O[C@@H](c1ccccc1)c1conc1C. The number of amides is 1. The van der Waals surface area contributed by atoms with Gasteiger partial charge < -0.3 is 14.6 Å². The third kappa shape index (κ3) is 3.13. The van der Waals surface area contributed by atoms with Crippen molar-refractivity contribution < 1.29 is 14.1 Å². The van der Waals surface area contributed by atoms with Gasteiger partial charge in [-0.2, -0.15) is 0 Å². The Balaban J connectivity index is 2.29. The number of aromatic nitrogens is 1. The van der Waals surface area contributed by atoms with Crippen LogP contribution in [0.25, 0.3) is 0 Å². The molecular weight excluding hydrogens is 244 g/mol. The van der Waals surface area contributed by atoms with E-state index in [0.29, 0.717) is 12.2 Å². The molecular formula is C14H16N2O3. The van der Waals surface area contributed by atoms with Gasteiger partial charge in [0.15, 0.2) is 6.10 Å². The second-order valence-corrected chi connectivity index (χ2v) is 4.08. The summed E-state index contributed by atoms with van der Waals surface area (Å²) in [5.41, 5.74) is 2.33. The van der Waals surface area contributed by atoms with E-state index in [4.69, 9.17) is 9.26 Å². The highest BCUT2D eigenvalue weighted by Gasteiger charge is 2.22. The molecule has 0 bridgehead atoms. The van der Waals surface area contributed by atoms with Crippen LogP contribution >= 0.6 is 0 Å². The zero-order valence-corrected chi connectivity index (χ0v) is 10.9. The summed E-state index contributed by atoms with van der Waals surface area (Å²) < 4.78 is 10.4. The highest BCUT2D eigenvalue weighted by atomic mass is 16.6. The van der Waals surface area contributed by atoms with Crippen LogP contribution in [0.5, 0.6) is 0 Å². The van der Waals surface area contributed by atoms with E-state index in [1.54, 1.807) is 0 Å². The highest BCUT2D eigenvalue weighted by molar-refractivity contribution is 5.67. The summed E-state index contributed by atoms with van der Waals surface area (Å²) in [6.07, 6.45) is 0.530. The standard InChI is InChI=1S/C14H16N2O3/c1-3-15-14(17)19-13(11-7-5-4-6-8-11)12-9-18-16-10(12)2/h4-9,13H,3H2,1-2H3,(H,15,17)/t13-/m0/s1. The first kappa shape index (κ1) is 13.1. The predicted octanol–water partition coefficient (Wildman–Crippen LogP) is 2.82. The normalized spacial score (nSPS) is 11.9. The van der Waals surface area contributed by atoms with Crippen molar-refractivity contribution in [1.29, 1.82) is 0 Å². The van der Waals surface area contributed by atoms with Gasteiger partial charge in [0.25, 0.3) is 0 Å². The van der Waals surface area contributed by atoms with Crippen LogP contribution in [-0.2, 0) is 4.74 Å². The van der Waals surface area contributed by atoms with E-state index in [-0.39, 0.29) is 0 Å². The molecule has 1 N–H and O–H groups in total. The highest BCUT2D eigenvalue weighted by Crippen LogP contribution is 2.28. The molecule has 0 saturated heterocycles. The number of rotatable bonds is 4. The fourth-order valence-electron chi connectivity index (χ4n) is 1.78. The van der Waals surface area contributed by atoms with Crippen molar-refractivity contribution >= 4 is 6.09 Å². The zero-order chi connectivity index (χ0) is 13.7. The minimum atomic E-state index is -0.515. The number of aryl methyl sites for hydroxylation is 1. The maximum absolute atomic E-state index is 11.6. The Labute approximate surface area is 111 Å². The molecule has 1 heterocycles. The number of hydrogen-bond donors (Lipinski definition) is 1. The van der Waals surface area contributed by atoms with E-state index in [2.05, 4.69) is 10.5 Å². The number of nitrogens with zero attached hydrogens (tertiary/aromatic N) is 1. The Morgan fingerprint density at radius 1 is 1.42 bits per heavy atom. The third-order valence-electron chi connectivity index (χ3n) is 2.72. The van der Waals surface area contributed by atoms with Gasteiger partial charge >= 0.3 is 6.09 Å². The smallest absolute Gasteiger partial charge is 0.408 e. The second kappa shape index (κ2) is 6.04. The summed E-state index contributed by atoms with van der Waals surface area (Å²) in [6, 6.07) is 9.50. The number of alkyl carbamates (subject to hydrolysis) is 1. The van der Waals surface area contributed by atoms with E-state index in [0.717, 1.165) is 11.1 Å². The van der Waals surface area contributed by atoms with Crippen LogP contribution in [0.2, 0.25) is 0 Å². The number of hydrogen-bond acceptors (Lipinski definition) is 4. The van der Waals surface area contributed by atoms with Crippen LogP contribution in [0, 0.1) is 6.92 Å². The lowest BCUT2D eigenvalue weighted by atomic mass is 10.0. The van der Waals surface area contributed by atoms with E-state index in [1.165, 1.54) is 6.26 Å². The van der Waals surface area contributed by atoms with Crippen molar-refractivity contribution in [3.8, 4) is 0 Å². The molecule has 0 spiro atoms. The Bertz CT molecular complexity index is 537. The van der Waals surface area contributed by atoms with Crippen LogP contribution in [-0.4, -0.2) is 17.8 Å². The van der Waals surface area contributed by atoms with Crippen molar-refractivity contribution in [2.75, 3.05) is 6.54 Å². The van der Waals surface area contributed by atoms with Gasteiger partial charge in [-0.15, -0.1) is 0 Å². The molecule has 1 aromatic carbocycles. The van der Waals surface area contributed by atoms with Crippen molar-refractivity contribution in [1.82, 2.24) is 10.5 Å². The Morgan fingerprint density at radius 2 is 2.16 bits per heavy atom. The number of carbonyl (C=O) groups excluding carboxylic acids is 1. The molecule has 1 amide bonds. The predicted molar refractivity (Wildman–Crippen MR) is 69.7 cm³/mol. The van der Waals surface area contributed by atoms with Crippen LogP contribution in [0.1, 0.15) is 29.8 Å². The summed E-state index contributed by atoms with van der Waals surface area (Å²) in [5.74, 6) is 0. The maximum atomic E-state index is 11.6. The third-order valence-corrected chi connectivity index (χ3v) is 2.72. The molecule has 2 rings (SSSR count). The van der Waals surface area contributed by atoms with Crippen molar-refractivity contribution in [2.24, 2.45) is 0 Å². The first-order valence-corrected chi connectivity index (χ1v) is 6.12. The first-order chi connectivity index (χ1) is 9.22.